The molecule has 1 aromatic carbocycles. The third-order valence-corrected chi connectivity index (χ3v) is 8.91. The number of ether oxygens (including phenoxy) is 1. The van der Waals surface area contributed by atoms with Crippen molar-refractivity contribution in [3.05, 3.63) is 50.9 Å². The normalized spacial score (nSPS) is 24.3. The van der Waals surface area contributed by atoms with Gasteiger partial charge in [-0.3, -0.25) is 4.79 Å². The van der Waals surface area contributed by atoms with E-state index < -0.39 is 11.6 Å². The van der Waals surface area contributed by atoms with Crippen molar-refractivity contribution in [1.82, 2.24) is 9.88 Å². The van der Waals surface area contributed by atoms with Crippen molar-refractivity contribution in [3.8, 4) is 0 Å². The number of carbonyl (C=O) groups is 2. The fourth-order valence-electron chi connectivity index (χ4n) is 4.31. The molecule has 2 heterocycles. The van der Waals surface area contributed by atoms with E-state index in [0.29, 0.717) is 22.6 Å². The molecule has 1 aliphatic carbocycles. The maximum atomic E-state index is 14.2. The first-order valence-electron chi connectivity index (χ1n) is 11.5. The summed E-state index contributed by atoms with van der Waals surface area (Å²) in [5, 5.41) is 10.5. The Labute approximate surface area is 214 Å². The summed E-state index contributed by atoms with van der Waals surface area (Å²) in [7, 11) is 0. The van der Waals surface area contributed by atoms with E-state index in [2.05, 4.69) is 30.7 Å². The molecule has 2 aromatic rings. The Hall–Kier alpha value is -1.61. The number of carboxylic acids is 1. The van der Waals surface area contributed by atoms with Crippen LogP contribution in [0.3, 0.4) is 0 Å². The highest BCUT2D eigenvalue weighted by atomic mass is 35.5. The molecule has 1 saturated carbocycles. The summed E-state index contributed by atoms with van der Waals surface area (Å²) in [6.07, 6.45) is 3.84. The zero-order valence-corrected chi connectivity index (χ0v) is 22.3. The Morgan fingerprint density at radius 2 is 2.03 bits per heavy atom. The highest BCUT2D eigenvalue weighted by Gasteiger charge is 2.51. The Kier molecular flexibility index (Phi) is 7.34. The number of thiazole rings is 1. The second kappa shape index (κ2) is 9.80. The SMILES string of the molecule is CC(C)(C)SCC(C1CC1)N1C(=O)[C@@](C)(Cc2ncc(C(=O)O)s2)OC[C@H]1c1ccc(Cl)cc1. The molecule has 1 amide bonds. The van der Waals surface area contributed by atoms with Crippen molar-refractivity contribution in [2.24, 2.45) is 5.92 Å². The lowest BCUT2D eigenvalue weighted by Gasteiger charge is -2.48. The van der Waals surface area contributed by atoms with E-state index in [9.17, 15) is 14.7 Å². The van der Waals surface area contributed by atoms with Crippen LogP contribution < -0.4 is 0 Å². The van der Waals surface area contributed by atoms with Gasteiger partial charge in [0.1, 0.15) is 4.88 Å². The van der Waals surface area contributed by atoms with E-state index in [1.54, 1.807) is 0 Å². The Balaban J connectivity index is 1.66. The van der Waals surface area contributed by atoms with Gasteiger partial charge in [0.25, 0.3) is 5.91 Å². The zero-order valence-electron chi connectivity index (χ0n) is 19.9. The number of nitrogens with zero attached hydrogens (tertiary/aromatic N) is 2. The molecule has 0 radical (unpaired) electrons. The van der Waals surface area contributed by atoms with Crippen LogP contribution >= 0.6 is 34.7 Å². The summed E-state index contributed by atoms with van der Waals surface area (Å²) < 4.78 is 6.36. The standard InChI is InChI=1S/C25H31ClN2O4S2/c1-24(2,3)33-14-19(16-5-6-16)28-18(15-7-9-17(26)10-8-15)13-32-25(4,23(28)31)11-21-27-12-20(34-21)22(29)30/h7-10,12,16,18-19H,5-6,11,13-14H2,1-4H3,(H,29,30)/t18-,19?,25+/m0/s1. The number of hydrogen-bond donors (Lipinski definition) is 1. The first-order chi connectivity index (χ1) is 16.0. The minimum atomic E-state index is -1.10. The Bertz CT molecular complexity index is 1050. The van der Waals surface area contributed by atoms with Crippen LogP contribution in [0.2, 0.25) is 5.02 Å². The first kappa shape index (κ1) is 25.5. The molecular weight excluding hydrogens is 492 g/mol. The number of thioether (sulfide) groups is 1. The van der Waals surface area contributed by atoms with Crippen LogP contribution in [0.5, 0.6) is 0 Å². The monoisotopic (exact) mass is 522 g/mol. The van der Waals surface area contributed by atoms with Gasteiger partial charge in [-0.05, 0) is 43.4 Å². The second-order valence-electron chi connectivity index (χ2n) is 10.2. The molecule has 9 heteroatoms. The van der Waals surface area contributed by atoms with Crippen LogP contribution in [0.4, 0.5) is 0 Å². The molecule has 2 fully saturated rings. The Morgan fingerprint density at radius 1 is 1.35 bits per heavy atom. The highest BCUT2D eigenvalue weighted by molar-refractivity contribution is 8.00. The number of benzene rings is 1. The van der Waals surface area contributed by atoms with E-state index in [1.807, 2.05) is 43.0 Å². The van der Waals surface area contributed by atoms with E-state index in [4.69, 9.17) is 16.3 Å². The van der Waals surface area contributed by atoms with Crippen LogP contribution in [0.25, 0.3) is 0 Å². The molecule has 1 saturated heterocycles. The summed E-state index contributed by atoms with van der Waals surface area (Å²) >= 11 is 9.12. The van der Waals surface area contributed by atoms with E-state index in [0.717, 1.165) is 35.5 Å². The number of amides is 1. The lowest BCUT2D eigenvalue weighted by molar-refractivity contribution is -0.182. The summed E-state index contributed by atoms with van der Waals surface area (Å²) in [4.78, 5) is 31.9. The molecule has 0 spiro atoms. The average Bonchev–Trinajstić information content (AvgIpc) is 3.49. The fraction of sp³-hybridized carbons (Fsp3) is 0.560. The molecule has 3 atom stereocenters. The largest absolute Gasteiger partial charge is 0.477 e. The van der Waals surface area contributed by atoms with Gasteiger partial charge in [-0.25, -0.2) is 9.78 Å². The van der Waals surface area contributed by atoms with Gasteiger partial charge in [0, 0.05) is 28.0 Å². The van der Waals surface area contributed by atoms with Gasteiger partial charge in [-0.15, -0.1) is 11.3 Å². The predicted molar refractivity (Wildman–Crippen MR) is 137 cm³/mol. The molecule has 1 unspecified atom stereocenters. The third kappa shape index (κ3) is 5.78. The molecular formula is C25H31ClN2O4S2. The van der Waals surface area contributed by atoms with Gasteiger partial charge in [0.2, 0.25) is 0 Å². The summed E-state index contributed by atoms with van der Waals surface area (Å²) in [6, 6.07) is 7.56. The molecule has 184 valence electrons. The molecule has 1 N–H and O–H groups in total. The number of morpholine rings is 1. The highest BCUT2D eigenvalue weighted by Crippen LogP contribution is 2.45. The quantitative estimate of drug-likeness (QED) is 0.478. The average molecular weight is 523 g/mol. The van der Waals surface area contributed by atoms with Gasteiger partial charge in [-0.1, -0.05) is 44.5 Å². The summed E-state index contributed by atoms with van der Waals surface area (Å²) in [5.74, 6) is 0.273. The van der Waals surface area contributed by atoms with Gasteiger partial charge in [0.15, 0.2) is 5.60 Å². The minimum Gasteiger partial charge on any atom is -0.477 e. The zero-order chi connectivity index (χ0) is 24.7. The minimum absolute atomic E-state index is 0.0582. The molecule has 2 aliphatic rings. The number of carbonyl (C=O) groups excluding carboxylic acids is 1. The second-order valence-corrected chi connectivity index (χ2v) is 13.6. The number of hydrogen-bond acceptors (Lipinski definition) is 6. The summed E-state index contributed by atoms with van der Waals surface area (Å²) in [5.41, 5.74) is -0.0931. The molecule has 1 aliphatic heterocycles. The van der Waals surface area contributed by atoms with Crippen LogP contribution in [-0.4, -0.2) is 55.6 Å². The lowest BCUT2D eigenvalue weighted by atomic mass is 9.92. The number of halogens is 1. The first-order valence-corrected chi connectivity index (χ1v) is 13.7. The lowest BCUT2D eigenvalue weighted by Crippen LogP contribution is -2.61. The van der Waals surface area contributed by atoms with Gasteiger partial charge < -0.3 is 14.7 Å². The number of rotatable bonds is 8. The van der Waals surface area contributed by atoms with E-state index >= 15 is 0 Å². The van der Waals surface area contributed by atoms with Crippen LogP contribution in [0, 0.1) is 5.92 Å². The van der Waals surface area contributed by atoms with Crippen molar-refractivity contribution in [2.75, 3.05) is 12.4 Å². The third-order valence-electron chi connectivity index (χ3n) is 6.30. The van der Waals surface area contributed by atoms with Crippen LogP contribution in [0.15, 0.2) is 30.5 Å². The van der Waals surface area contributed by atoms with Crippen LogP contribution in [-0.2, 0) is 16.0 Å². The van der Waals surface area contributed by atoms with Gasteiger partial charge >= 0.3 is 5.97 Å². The van der Waals surface area contributed by atoms with Gasteiger partial charge in [-0.2, -0.15) is 11.8 Å². The van der Waals surface area contributed by atoms with E-state index in [-0.39, 0.29) is 34.0 Å². The maximum absolute atomic E-state index is 14.2. The van der Waals surface area contributed by atoms with Crippen molar-refractivity contribution >= 4 is 46.6 Å². The van der Waals surface area contributed by atoms with Crippen molar-refractivity contribution in [1.29, 1.82) is 0 Å². The molecule has 1 aromatic heterocycles. The summed E-state index contributed by atoms with van der Waals surface area (Å²) in [6.45, 7) is 8.78. The molecule has 34 heavy (non-hydrogen) atoms. The smallest absolute Gasteiger partial charge is 0.347 e. The number of aromatic carboxylic acids is 1. The maximum Gasteiger partial charge on any atom is 0.347 e. The van der Waals surface area contributed by atoms with E-state index in [1.165, 1.54) is 6.20 Å². The van der Waals surface area contributed by atoms with Crippen molar-refractivity contribution in [3.63, 3.8) is 0 Å². The van der Waals surface area contributed by atoms with Gasteiger partial charge in [0.05, 0.1) is 23.9 Å². The Morgan fingerprint density at radius 3 is 2.59 bits per heavy atom. The number of aromatic nitrogens is 1. The van der Waals surface area contributed by atoms with Crippen molar-refractivity contribution < 1.29 is 19.4 Å². The van der Waals surface area contributed by atoms with Crippen molar-refractivity contribution in [2.45, 2.75) is 69.4 Å². The van der Waals surface area contributed by atoms with Crippen LogP contribution in [0.1, 0.15) is 66.8 Å². The topological polar surface area (TPSA) is 79.7 Å². The predicted octanol–water partition coefficient (Wildman–Crippen LogP) is 5.71. The molecule has 6 nitrogen and oxygen atoms in total. The molecule has 0 bridgehead atoms. The number of carboxylic acid groups (broad SMARTS) is 1. The fourth-order valence-corrected chi connectivity index (χ4v) is 6.44. The molecule has 4 rings (SSSR count).